The molecule has 0 unspecified atom stereocenters. The molecule has 0 bridgehead atoms. The number of hydrogen-bond acceptors (Lipinski definition) is 6. The molecule has 0 saturated carbocycles. The minimum Gasteiger partial charge on any atom is -0.468 e. The fourth-order valence-electron chi connectivity index (χ4n) is 5.04. The molecule has 2 N–H and O–H groups in total. The molecule has 44 heavy (non-hydrogen) atoms. The number of halogens is 3. The fraction of sp³-hybridized carbons (Fsp3) is 0.188. The van der Waals surface area contributed by atoms with Crippen molar-refractivity contribution in [2.45, 2.75) is 30.1 Å². The van der Waals surface area contributed by atoms with Crippen LogP contribution in [0.3, 0.4) is 0 Å². The van der Waals surface area contributed by atoms with Crippen LogP contribution in [0.25, 0.3) is 11.1 Å². The Hall–Kier alpha value is -4.84. The number of amides is 1. The maximum absolute atomic E-state index is 14.4. The Balaban J connectivity index is 1.43. The number of esters is 1. The topological polar surface area (TPSA) is 105 Å². The van der Waals surface area contributed by atoms with E-state index in [1.54, 1.807) is 72.8 Å². The van der Waals surface area contributed by atoms with Crippen molar-refractivity contribution in [1.29, 1.82) is 0 Å². The number of nitrogens with one attached hydrogen (secondary N) is 2. The summed E-state index contributed by atoms with van der Waals surface area (Å²) in [6.07, 6.45) is -5.00. The van der Waals surface area contributed by atoms with Gasteiger partial charge in [-0.2, -0.15) is 13.2 Å². The van der Waals surface area contributed by atoms with Crippen molar-refractivity contribution < 1.29 is 35.9 Å². The molecule has 0 saturated heterocycles. The van der Waals surface area contributed by atoms with E-state index in [2.05, 4.69) is 15.4 Å². The highest BCUT2D eigenvalue weighted by Gasteiger charge is 2.46. The van der Waals surface area contributed by atoms with Gasteiger partial charge in [0.15, 0.2) is 0 Å². The number of fused-ring (bicyclic) bond motifs is 1. The number of alkyl halides is 3. The van der Waals surface area contributed by atoms with Gasteiger partial charge in [-0.1, -0.05) is 66.7 Å². The van der Waals surface area contributed by atoms with Crippen LogP contribution in [-0.2, 0) is 43.5 Å². The molecule has 0 fully saturated rings. The molecule has 0 spiro atoms. The number of methoxy groups -OCH3 is 1. The molecule has 1 atom stereocenters. The first kappa shape index (κ1) is 30.6. The Bertz CT molecular complexity index is 1780. The molecule has 0 aromatic heterocycles. The van der Waals surface area contributed by atoms with Gasteiger partial charge in [-0.05, 0) is 52.6 Å². The van der Waals surface area contributed by atoms with Gasteiger partial charge in [-0.3, -0.25) is 13.9 Å². The van der Waals surface area contributed by atoms with Crippen LogP contribution in [0.1, 0.15) is 16.7 Å². The van der Waals surface area contributed by atoms with Crippen molar-refractivity contribution in [3.63, 3.8) is 0 Å². The van der Waals surface area contributed by atoms with E-state index >= 15 is 0 Å². The number of nitrogens with zero attached hydrogens (tertiary/aromatic N) is 1. The van der Waals surface area contributed by atoms with Crippen LogP contribution < -0.4 is 14.9 Å². The van der Waals surface area contributed by atoms with Crippen molar-refractivity contribution in [2.75, 3.05) is 23.3 Å². The molecular weight excluding hydrogens is 595 g/mol. The molecule has 8 nitrogen and oxygen atoms in total. The molecule has 12 heteroatoms. The summed E-state index contributed by atoms with van der Waals surface area (Å²) in [4.78, 5) is 23.9. The van der Waals surface area contributed by atoms with Crippen molar-refractivity contribution >= 4 is 33.3 Å². The van der Waals surface area contributed by atoms with Crippen LogP contribution in [0, 0.1) is 0 Å². The van der Waals surface area contributed by atoms with Gasteiger partial charge in [0, 0.05) is 18.7 Å². The fourth-order valence-corrected chi connectivity index (χ4v) is 6.89. The molecular formula is C32H28F3N3O5S. The van der Waals surface area contributed by atoms with Crippen molar-refractivity contribution in [3.8, 4) is 11.1 Å². The Morgan fingerprint density at radius 3 is 2.27 bits per heavy atom. The van der Waals surface area contributed by atoms with Gasteiger partial charge in [0.1, 0.15) is 12.6 Å². The van der Waals surface area contributed by atoms with E-state index in [0.717, 1.165) is 16.4 Å². The smallest absolute Gasteiger partial charge is 0.417 e. The molecule has 1 heterocycles. The first-order chi connectivity index (χ1) is 21.0. The summed E-state index contributed by atoms with van der Waals surface area (Å²) in [5, 5.41) is 5.61. The SMILES string of the molecule is COC(=O)CNc1ccc(CNC(=O)[C@@H]2Cc3ccccc3N2S(=O)(=O)c2ccc(-c3ccccc3)cc2C(F)(F)F)cc1. The highest BCUT2D eigenvalue weighted by atomic mass is 32.2. The quantitative estimate of drug-likeness (QED) is 0.242. The van der Waals surface area contributed by atoms with E-state index in [1.807, 2.05) is 0 Å². The Kier molecular flexibility index (Phi) is 8.63. The third kappa shape index (κ3) is 6.40. The predicted molar refractivity (Wildman–Crippen MR) is 159 cm³/mol. The number of carbonyl (C=O) groups excluding carboxylic acids is 2. The highest BCUT2D eigenvalue weighted by molar-refractivity contribution is 7.93. The Morgan fingerprint density at radius 2 is 1.59 bits per heavy atom. The summed E-state index contributed by atoms with van der Waals surface area (Å²) in [5.41, 5.74) is 1.39. The van der Waals surface area contributed by atoms with E-state index in [-0.39, 0.29) is 30.8 Å². The zero-order valence-corrected chi connectivity index (χ0v) is 24.3. The zero-order chi connectivity index (χ0) is 31.5. The molecule has 1 aliphatic heterocycles. The predicted octanol–water partition coefficient (Wildman–Crippen LogP) is 5.39. The first-order valence-electron chi connectivity index (χ1n) is 13.6. The molecule has 5 rings (SSSR count). The standard InChI is InChI=1S/C32H28F3N3O5S/c1-43-30(39)20-36-25-14-11-21(12-15-25)19-37-31(40)28-18-24-9-5-6-10-27(24)38(28)44(41,42)29-16-13-23(17-26(29)32(33,34)35)22-7-3-2-4-8-22/h2-17,28,36H,18-20H2,1H3,(H,37,40)/t28-/m0/s1. The number of hydrogen-bond donors (Lipinski definition) is 2. The molecule has 228 valence electrons. The summed E-state index contributed by atoms with van der Waals surface area (Å²) in [6.45, 7) is 0.0145. The second kappa shape index (κ2) is 12.4. The second-order valence-corrected chi connectivity index (χ2v) is 11.9. The first-order valence-corrected chi connectivity index (χ1v) is 15.0. The van der Waals surface area contributed by atoms with Gasteiger partial charge in [-0.15, -0.1) is 0 Å². The summed E-state index contributed by atoms with van der Waals surface area (Å²) in [7, 11) is -3.58. The second-order valence-electron chi connectivity index (χ2n) is 10.1. The minimum absolute atomic E-state index is 0.0128. The van der Waals surface area contributed by atoms with Gasteiger partial charge in [-0.25, -0.2) is 8.42 Å². The van der Waals surface area contributed by atoms with E-state index in [9.17, 15) is 31.2 Å². The van der Waals surface area contributed by atoms with Crippen LogP contribution in [0.5, 0.6) is 0 Å². The normalized spacial score (nSPS) is 14.5. The van der Waals surface area contributed by atoms with Gasteiger partial charge in [0.25, 0.3) is 10.0 Å². The van der Waals surface area contributed by atoms with Crippen LogP contribution in [-0.4, -0.2) is 40.0 Å². The van der Waals surface area contributed by atoms with Crippen molar-refractivity contribution in [2.24, 2.45) is 0 Å². The number of carbonyl (C=O) groups is 2. The summed E-state index contributed by atoms with van der Waals surface area (Å²) >= 11 is 0. The summed E-state index contributed by atoms with van der Waals surface area (Å²) < 4.78 is 76.6. The molecule has 0 aliphatic carbocycles. The third-order valence-corrected chi connectivity index (χ3v) is 9.12. The van der Waals surface area contributed by atoms with Gasteiger partial charge >= 0.3 is 12.1 Å². The summed E-state index contributed by atoms with van der Waals surface area (Å²) in [5.74, 6) is -1.10. The average molecular weight is 624 g/mol. The van der Waals surface area contributed by atoms with Crippen LogP contribution in [0.4, 0.5) is 24.5 Å². The minimum atomic E-state index is -4.98. The Labute approximate surface area is 252 Å². The average Bonchev–Trinajstić information content (AvgIpc) is 3.43. The number of ether oxygens (including phenoxy) is 1. The van der Waals surface area contributed by atoms with Gasteiger partial charge in [0.05, 0.1) is 23.3 Å². The maximum atomic E-state index is 14.4. The monoisotopic (exact) mass is 623 g/mol. The lowest BCUT2D eigenvalue weighted by Crippen LogP contribution is -2.48. The third-order valence-electron chi connectivity index (χ3n) is 7.24. The van der Waals surface area contributed by atoms with E-state index < -0.39 is 44.6 Å². The molecule has 4 aromatic carbocycles. The highest BCUT2D eigenvalue weighted by Crippen LogP contribution is 2.42. The maximum Gasteiger partial charge on any atom is 0.417 e. The van der Waals surface area contributed by atoms with Crippen molar-refractivity contribution in [1.82, 2.24) is 5.32 Å². The van der Waals surface area contributed by atoms with Crippen molar-refractivity contribution in [3.05, 3.63) is 114 Å². The number of benzene rings is 4. The molecule has 4 aromatic rings. The number of rotatable bonds is 9. The van der Waals surface area contributed by atoms with E-state index in [0.29, 0.717) is 22.4 Å². The zero-order valence-electron chi connectivity index (χ0n) is 23.5. The lowest BCUT2D eigenvalue weighted by atomic mass is 10.0. The molecule has 1 amide bonds. The van der Waals surface area contributed by atoms with Gasteiger partial charge in [0.2, 0.25) is 5.91 Å². The van der Waals surface area contributed by atoms with Crippen LogP contribution >= 0.6 is 0 Å². The van der Waals surface area contributed by atoms with Crippen LogP contribution in [0.2, 0.25) is 0 Å². The lowest BCUT2D eigenvalue weighted by molar-refractivity contribution is -0.140. The molecule has 0 radical (unpaired) electrons. The van der Waals surface area contributed by atoms with E-state index in [1.165, 1.54) is 19.2 Å². The summed E-state index contributed by atoms with van der Waals surface area (Å²) in [6, 6.07) is 23.3. The number of anilines is 2. The lowest BCUT2D eigenvalue weighted by Gasteiger charge is -2.28. The van der Waals surface area contributed by atoms with E-state index in [4.69, 9.17) is 0 Å². The largest absolute Gasteiger partial charge is 0.468 e. The molecule has 1 aliphatic rings. The van der Waals surface area contributed by atoms with Crippen LogP contribution in [0.15, 0.2) is 102 Å². The number of sulfonamides is 1. The Morgan fingerprint density at radius 1 is 0.909 bits per heavy atom. The number of para-hydroxylation sites is 1. The van der Waals surface area contributed by atoms with Gasteiger partial charge < -0.3 is 15.4 Å².